The molecule has 0 saturated heterocycles. The van der Waals surface area contributed by atoms with E-state index in [4.69, 9.17) is 0 Å². The molecule has 1 aliphatic heterocycles. The second-order valence-corrected chi connectivity index (χ2v) is 3.35. The number of carbonyl (C=O) groups is 1. The zero-order valence-corrected chi connectivity index (χ0v) is 7.92. The minimum Gasteiger partial charge on any atom is -0.268 e. The molecule has 0 fully saturated rings. The van der Waals surface area contributed by atoms with Crippen LogP contribution in [0.2, 0.25) is 0 Å². The highest BCUT2D eigenvalue weighted by atomic mass is 16.1. The minimum atomic E-state index is 0.0179. The number of carbonyl (C=O) groups excluding carboxylic acids is 1. The zero-order valence-electron chi connectivity index (χ0n) is 7.92. The van der Waals surface area contributed by atoms with E-state index >= 15 is 0 Å². The second kappa shape index (κ2) is 2.92. The van der Waals surface area contributed by atoms with Gasteiger partial charge in [-0.15, -0.1) is 0 Å². The van der Waals surface area contributed by atoms with Crippen LogP contribution in [0.3, 0.4) is 0 Å². The van der Waals surface area contributed by atoms with Crippen LogP contribution in [0.25, 0.3) is 0 Å². The van der Waals surface area contributed by atoms with Crippen LogP contribution in [0.5, 0.6) is 0 Å². The van der Waals surface area contributed by atoms with Gasteiger partial charge in [-0.2, -0.15) is 0 Å². The minimum absolute atomic E-state index is 0.0179. The molecule has 3 rings (SSSR count). The Bertz CT molecular complexity index is 522. The summed E-state index contributed by atoms with van der Waals surface area (Å²) in [5.74, 6) is 0.700. The average Bonchev–Trinajstić information content (AvgIpc) is 2.30. The fraction of sp³-hybridized carbons (Fsp3) is 0. The van der Waals surface area contributed by atoms with Crippen molar-refractivity contribution in [3.63, 3.8) is 0 Å². The molecule has 1 aliphatic rings. The lowest BCUT2D eigenvalue weighted by atomic mass is 9.75. The van der Waals surface area contributed by atoms with Crippen molar-refractivity contribution in [2.24, 2.45) is 0 Å². The summed E-state index contributed by atoms with van der Waals surface area (Å²) in [5.41, 5.74) is 1.70. The second-order valence-electron chi connectivity index (χ2n) is 3.35. The molecule has 0 unspecified atom stereocenters. The van der Waals surface area contributed by atoms with Gasteiger partial charge in [0.15, 0.2) is 0 Å². The molecule has 0 saturated carbocycles. The zero-order chi connectivity index (χ0) is 10.3. The monoisotopic (exact) mass is 195 g/mol. The third-order valence-electron chi connectivity index (χ3n) is 2.46. The lowest BCUT2D eigenvalue weighted by Crippen LogP contribution is -2.36. The van der Waals surface area contributed by atoms with Gasteiger partial charge in [0.2, 0.25) is 0 Å². The van der Waals surface area contributed by atoms with Gasteiger partial charge in [-0.3, -0.25) is 9.69 Å². The van der Waals surface area contributed by atoms with Gasteiger partial charge in [0.1, 0.15) is 5.82 Å². The van der Waals surface area contributed by atoms with Crippen LogP contribution in [-0.2, 0) is 0 Å². The van der Waals surface area contributed by atoms with E-state index in [1.807, 2.05) is 42.5 Å². The average molecular weight is 195 g/mol. The highest BCUT2D eigenvalue weighted by Gasteiger charge is 2.33. The Hall–Kier alpha value is -2.16. The molecule has 3 nitrogen and oxygen atoms in total. The molecule has 0 atom stereocenters. The van der Waals surface area contributed by atoms with E-state index in [0.29, 0.717) is 5.82 Å². The molecule has 1 aromatic carbocycles. The third kappa shape index (κ3) is 1.06. The normalized spacial score (nSPS) is 13.3. The van der Waals surface area contributed by atoms with Gasteiger partial charge in [0.05, 0.1) is 11.3 Å². The number of aromatic nitrogens is 1. The topological polar surface area (TPSA) is 33.2 Å². The SMILES string of the molecule is O=[11C]1c2ccccc2N1c1ccccn1. The van der Waals surface area contributed by atoms with Crippen LogP contribution >= 0.6 is 0 Å². The van der Waals surface area contributed by atoms with Crippen molar-refractivity contribution in [1.82, 2.24) is 4.98 Å². The Morgan fingerprint density at radius 2 is 1.80 bits per heavy atom. The predicted octanol–water partition coefficient (Wildman–Crippen LogP) is 2.37. The molecule has 1 amide bonds. The Morgan fingerprint density at radius 3 is 2.60 bits per heavy atom. The smallest absolute Gasteiger partial charge is 0.266 e. The van der Waals surface area contributed by atoms with Gasteiger partial charge >= 0.3 is 0 Å². The van der Waals surface area contributed by atoms with Crippen molar-refractivity contribution in [1.29, 1.82) is 0 Å². The number of pyridine rings is 1. The highest BCUT2D eigenvalue weighted by molar-refractivity contribution is 6.23. The van der Waals surface area contributed by atoms with Crippen LogP contribution in [-0.4, -0.2) is 10.9 Å². The number of benzene rings is 1. The maximum absolute atomic E-state index is 11.7. The Balaban J connectivity index is 2.10. The van der Waals surface area contributed by atoms with Crippen LogP contribution in [0.15, 0.2) is 48.7 Å². The Morgan fingerprint density at radius 1 is 1.00 bits per heavy atom. The summed E-state index contributed by atoms with van der Waals surface area (Å²) in [6.45, 7) is 0. The first-order chi connectivity index (χ1) is 7.38. The lowest BCUT2D eigenvalue weighted by molar-refractivity contribution is 0.0980. The Kier molecular flexibility index (Phi) is 1.59. The van der Waals surface area contributed by atoms with Gasteiger partial charge in [0, 0.05) is 6.20 Å². The molecule has 2 aromatic rings. The summed E-state index contributed by atoms with van der Waals surface area (Å²) in [7, 11) is 0. The van der Waals surface area contributed by atoms with E-state index in [-0.39, 0.29) is 5.91 Å². The van der Waals surface area contributed by atoms with E-state index in [2.05, 4.69) is 4.98 Å². The number of rotatable bonds is 1. The van der Waals surface area contributed by atoms with Crippen LogP contribution in [0.1, 0.15) is 10.4 Å². The molecule has 15 heavy (non-hydrogen) atoms. The summed E-state index contributed by atoms with van der Waals surface area (Å²) in [6.07, 6.45) is 1.68. The molecule has 0 radical (unpaired) electrons. The fourth-order valence-corrected chi connectivity index (χ4v) is 1.74. The van der Waals surface area contributed by atoms with Crippen LogP contribution in [0.4, 0.5) is 11.5 Å². The summed E-state index contributed by atoms with van der Waals surface area (Å²) in [6, 6.07) is 13.1. The molecule has 0 bridgehead atoms. The number of hydrogen-bond acceptors (Lipinski definition) is 2. The molecule has 0 spiro atoms. The van der Waals surface area contributed by atoms with Gasteiger partial charge in [-0.1, -0.05) is 18.2 Å². The maximum atomic E-state index is 11.7. The highest BCUT2D eigenvalue weighted by Crippen LogP contribution is 2.37. The summed E-state index contributed by atoms with van der Waals surface area (Å²) in [5, 5.41) is 0. The van der Waals surface area contributed by atoms with Gasteiger partial charge in [-0.05, 0) is 24.3 Å². The third-order valence-corrected chi connectivity index (χ3v) is 2.46. The van der Waals surface area contributed by atoms with E-state index < -0.39 is 0 Å². The van der Waals surface area contributed by atoms with Crippen molar-refractivity contribution < 1.29 is 4.79 Å². The summed E-state index contributed by atoms with van der Waals surface area (Å²) in [4.78, 5) is 17.5. The molecule has 72 valence electrons. The standard InChI is InChI=1S/C12H8N2O/c15-12-9-5-1-2-6-10(9)14(12)11-7-3-4-8-13-11/h1-8H/i12-1. The van der Waals surface area contributed by atoms with E-state index in [9.17, 15) is 4.79 Å². The number of nitrogens with zero attached hydrogens (tertiary/aromatic N) is 2. The Labute approximate surface area is 87.0 Å². The summed E-state index contributed by atoms with van der Waals surface area (Å²) < 4.78 is 0. The number of fused-ring (bicyclic) bond motifs is 1. The van der Waals surface area contributed by atoms with Crippen molar-refractivity contribution in [2.45, 2.75) is 0 Å². The first kappa shape index (κ1) is 8.17. The quantitative estimate of drug-likeness (QED) is 0.699. The van der Waals surface area contributed by atoms with Gasteiger partial charge < -0.3 is 0 Å². The van der Waals surface area contributed by atoms with Crippen molar-refractivity contribution in [3.05, 3.63) is 54.2 Å². The van der Waals surface area contributed by atoms with Crippen LogP contribution in [0, 0.1) is 0 Å². The molecule has 0 aliphatic carbocycles. The first-order valence-electron chi connectivity index (χ1n) is 4.72. The van der Waals surface area contributed by atoms with E-state index in [1.54, 1.807) is 11.1 Å². The molecule has 0 N–H and O–H groups in total. The fourth-order valence-electron chi connectivity index (χ4n) is 1.74. The number of anilines is 2. The van der Waals surface area contributed by atoms with E-state index in [1.165, 1.54) is 0 Å². The van der Waals surface area contributed by atoms with Crippen LogP contribution < -0.4 is 4.90 Å². The molecule has 3 heteroatoms. The number of para-hydroxylation sites is 1. The lowest BCUT2D eigenvalue weighted by Gasteiger charge is -2.32. The predicted molar refractivity (Wildman–Crippen MR) is 57.1 cm³/mol. The number of hydrogen-bond donors (Lipinski definition) is 0. The van der Waals surface area contributed by atoms with Crippen molar-refractivity contribution in [2.75, 3.05) is 4.90 Å². The van der Waals surface area contributed by atoms with Gasteiger partial charge in [-0.25, -0.2) is 4.98 Å². The molecular weight excluding hydrogens is 187 g/mol. The van der Waals surface area contributed by atoms with Gasteiger partial charge in [0.25, 0.3) is 5.91 Å². The molecule has 2 heterocycles. The summed E-state index contributed by atoms with van der Waals surface area (Å²) >= 11 is 0. The largest absolute Gasteiger partial charge is 0.268 e. The van der Waals surface area contributed by atoms with Crippen molar-refractivity contribution >= 4 is 17.4 Å². The first-order valence-corrected chi connectivity index (χ1v) is 4.72. The molecule has 1 aromatic heterocycles. The van der Waals surface area contributed by atoms with E-state index in [0.717, 1.165) is 11.3 Å². The number of amides is 1. The molecular formula is C12H8N2O. The van der Waals surface area contributed by atoms with Crippen molar-refractivity contribution in [3.8, 4) is 0 Å². The maximum Gasteiger partial charge on any atom is 0.266 e.